The van der Waals surface area contributed by atoms with Gasteiger partial charge < -0.3 is 9.47 Å². The highest BCUT2D eigenvalue weighted by Crippen LogP contribution is 2.25. The lowest BCUT2D eigenvalue weighted by molar-refractivity contribution is 0.241. The lowest BCUT2D eigenvalue weighted by atomic mass is 10.1. The first kappa shape index (κ1) is 20.7. The molecule has 0 amide bonds. The van der Waals surface area contributed by atoms with Gasteiger partial charge >= 0.3 is 5.69 Å². The zero-order chi connectivity index (χ0) is 21.6. The van der Waals surface area contributed by atoms with Crippen LogP contribution in [0.3, 0.4) is 0 Å². The Morgan fingerprint density at radius 1 is 1.07 bits per heavy atom. The Bertz CT molecular complexity index is 1220. The van der Waals surface area contributed by atoms with E-state index in [1.807, 2.05) is 23.6 Å². The quantitative estimate of drug-likeness (QED) is 0.630. The molecule has 0 N–H and O–H groups in total. The summed E-state index contributed by atoms with van der Waals surface area (Å²) < 4.78 is 4.53. The summed E-state index contributed by atoms with van der Waals surface area (Å²) in [6, 6.07) is 6.00. The van der Waals surface area contributed by atoms with Gasteiger partial charge in [-0.1, -0.05) is 17.7 Å². The Labute approximate surface area is 179 Å². The molecule has 0 saturated carbocycles. The molecule has 0 bridgehead atoms. The number of anilines is 1. The molecule has 3 aromatic rings. The number of rotatable bonds is 4. The van der Waals surface area contributed by atoms with E-state index in [-0.39, 0.29) is 11.2 Å². The number of imidazole rings is 1. The van der Waals surface area contributed by atoms with Crippen LogP contribution < -0.4 is 16.1 Å². The van der Waals surface area contributed by atoms with Crippen LogP contribution in [0.4, 0.5) is 5.69 Å². The molecule has 1 saturated heterocycles. The van der Waals surface area contributed by atoms with Crippen LogP contribution in [0.2, 0.25) is 5.02 Å². The Hall–Kier alpha value is -2.58. The summed E-state index contributed by atoms with van der Waals surface area (Å²) in [7, 11) is 3.17. The van der Waals surface area contributed by atoms with Gasteiger partial charge in [0.25, 0.3) is 5.56 Å². The molecule has 0 spiro atoms. The first-order valence-electron chi connectivity index (χ1n) is 10.2. The van der Waals surface area contributed by atoms with Crippen LogP contribution in [0, 0.1) is 6.92 Å². The minimum absolute atomic E-state index is 0.296. The molecule has 3 heterocycles. The number of aromatic nitrogens is 4. The van der Waals surface area contributed by atoms with E-state index in [2.05, 4.69) is 27.8 Å². The molecule has 160 valence electrons. The highest BCUT2D eigenvalue weighted by atomic mass is 35.5. The minimum Gasteiger partial charge on any atom is -0.369 e. The smallest absolute Gasteiger partial charge is 0.332 e. The predicted octanol–water partition coefficient (Wildman–Crippen LogP) is 1.74. The van der Waals surface area contributed by atoms with E-state index in [1.165, 1.54) is 22.9 Å². The van der Waals surface area contributed by atoms with Gasteiger partial charge in [-0.15, -0.1) is 0 Å². The van der Waals surface area contributed by atoms with Crippen molar-refractivity contribution in [1.29, 1.82) is 0 Å². The van der Waals surface area contributed by atoms with Crippen LogP contribution in [-0.4, -0.2) is 49.8 Å². The molecule has 0 aliphatic carbocycles. The van der Waals surface area contributed by atoms with Crippen molar-refractivity contribution in [3.63, 3.8) is 0 Å². The molecule has 1 aromatic carbocycles. The Morgan fingerprint density at radius 3 is 2.43 bits per heavy atom. The molecule has 30 heavy (non-hydrogen) atoms. The number of nitrogens with zero attached hydrogens (tertiary/aromatic N) is 6. The largest absolute Gasteiger partial charge is 0.369 e. The lowest BCUT2D eigenvalue weighted by Crippen LogP contribution is -2.46. The Balaban J connectivity index is 1.58. The van der Waals surface area contributed by atoms with Gasteiger partial charge in [-0.3, -0.25) is 18.8 Å². The topological polar surface area (TPSA) is 68.3 Å². The van der Waals surface area contributed by atoms with Crippen molar-refractivity contribution in [2.75, 3.05) is 31.1 Å². The maximum absolute atomic E-state index is 12.7. The number of aryl methyl sites for hydroxylation is 3. The summed E-state index contributed by atoms with van der Waals surface area (Å²) in [6.45, 7) is 8.93. The molecule has 9 heteroatoms. The lowest BCUT2D eigenvalue weighted by Gasteiger charge is -2.36. The molecule has 1 fully saturated rings. The van der Waals surface area contributed by atoms with Gasteiger partial charge in [0.2, 0.25) is 0 Å². The van der Waals surface area contributed by atoms with Crippen LogP contribution in [0.25, 0.3) is 11.2 Å². The first-order chi connectivity index (χ1) is 14.3. The van der Waals surface area contributed by atoms with Crippen molar-refractivity contribution in [2.24, 2.45) is 14.1 Å². The van der Waals surface area contributed by atoms with E-state index in [0.717, 1.165) is 41.6 Å². The minimum atomic E-state index is -0.356. The van der Waals surface area contributed by atoms with E-state index in [9.17, 15) is 9.59 Å². The molecule has 0 atom stereocenters. The van der Waals surface area contributed by atoms with E-state index < -0.39 is 0 Å². The fourth-order valence-electron chi connectivity index (χ4n) is 4.22. The predicted molar refractivity (Wildman–Crippen MR) is 120 cm³/mol. The van der Waals surface area contributed by atoms with Gasteiger partial charge in [-0.2, -0.15) is 0 Å². The number of piperazine rings is 1. The molecular formula is C21H27ClN6O2. The van der Waals surface area contributed by atoms with Crippen LogP contribution in [-0.2, 0) is 27.2 Å². The SMILES string of the molecule is CCn1c(CN2CCN(c3cc(Cl)ccc3C)CC2)nc2c1c(=O)n(C)c(=O)n2C. The standard InChI is InChI=1S/C21H27ClN6O2/c1-5-28-17(23-19-18(28)20(29)25(4)21(30)24(19)3)13-26-8-10-27(11-9-26)16-12-15(22)7-6-14(16)2/h6-7,12H,5,8-11,13H2,1-4H3. The molecule has 8 nitrogen and oxygen atoms in total. The van der Waals surface area contributed by atoms with Gasteiger partial charge in [-0.25, -0.2) is 9.78 Å². The summed E-state index contributed by atoms with van der Waals surface area (Å²) in [6.07, 6.45) is 0. The zero-order valence-electron chi connectivity index (χ0n) is 17.9. The molecule has 1 aliphatic heterocycles. The highest BCUT2D eigenvalue weighted by molar-refractivity contribution is 6.30. The first-order valence-corrected chi connectivity index (χ1v) is 10.6. The monoisotopic (exact) mass is 430 g/mol. The average Bonchev–Trinajstić information content (AvgIpc) is 3.11. The fourth-order valence-corrected chi connectivity index (χ4v) is 4.39. The van der Waals surface area contributed by atoms with Gasteiger partial charge in [-0.05, 0) is 31.5 Å². The van der Waals surface area contributed by atoms with Gasteiger partial charge in [0.1, 0.15) is 5.82 Å². The van der Waals surface area contributed by atoms with Crippen molar-refractivity contribution in [2.45, 2.75) is 26.9 Å². The van der Waals surface area contributed by atoms with Crippen LogP contribution in [0.15, 0.2) is 27.8 Å². The summed E-state index contributed by atoms with van der Waals surface area (Å²) in [5.41, 5.74) is 2.69. The summed E-state index contributed by atoms with van der Waals surface area (Å²) in [4.78, 5) is 34.4. The Morgan fingerprint density at radius 2 is 1.77 bits per heavy atom. The van der Waals surface area contributed by atoms with Crippen molar-refractivity contribution in [3.8, 4) is 0 Å². The molecule has 2 aromatic heterocycles. The second-order valence-electron chi connectivity index (χ2n) is 7.84. The molecule has 0 radical (unpaired) electrons. The molecule has 1 aliphatic rings. The molecular weight excluding hydrogens is 404 g/mol. The second-order valence-corrected chi connectivity index (χ2v) is 8.28. The molecule has 0 unspecified atom stereocenters. The van der Waals surface area contributed by atoms with E-state index in [1.54, 1.807) is 7.05 Å². The van der Waals surface area contributed by atoms with Crippen molar-refractivity contribution < 1.29 is 0 Å². The summed E-state index contributed by atoms with van der Waals surface area (Å²) in [5, 5.41) is 0.752. The van der Waals surface area contributed by atoms with Crippen LogP contribution >= 0.6 is 11.6 Å². The van der Waals surface area contributed by atoms with Gasteiger partial charge in [0.15, 0.2) is 11.2 Å². The maximum Gasteiger partial charge on any atom is 0.332 e. The fraction of sp³-hybridized carbons (Fsp3) is 0.476. The number of fused-ring (bicyclic) bond motifs is 1. The molecule has 4 rings (SSSR count). The van der Waals surface area contributed by atoms with E-state index in [0.29, 0.717) is 24.3 Å². The normalized spacial score (nSPS) is 15.3. The second kappa shape index (κ2) is 7.92. The number of benzene rings is 1. The third-order valence-corrected chi connectivity index (χ3v) is 6.23. The Kier molecular flexibility index (Phi) is 5.46. The van der Waals surface area contributed by atoms with Gasteiger partial charge in [0, 0.05) is 57.5 Å². The summed E-state index contributed by atoms with van der Waals surface area (Å²) >= 11 is 6.19. The number of hydrogen-bond donors (Lipinski definition) is 0. The van der Waals surface area contributed by atoms with E-state index in [4.69, 9.17) is 11.6 Å². The third kappa shape index (κ3) is 3.44. The summed E-state index contributed by atoms with van der Waals surface area (Å²) in [5.74, 6) is 0.818. The van der Waals surface area contributed by atoms with Crippen LogP contribution in [0.1, 0.15) is 18.3 Å². The van der Waals surface area contributed by atoms with Crippen molar-refractivity contribution >= 4 is 28.5 Å². The van der Waals surface area contributed by atoms with Crippen molar-refractivity contribution in [1.82, 2.24) is 23.6 Å². The van der Waals surface area contributed by atoms with Crippen molar-refractivity contribution in [3.05, 3.63) is 55.4 Å². The maximum atomic E-state index is 12.7. The van der Waals surface area contributed by atoms with Crippen LogP contribution in [0.5, 0.6) is 0 Å². The number of halogens is 1. The third-order valence-electron chi connectivity index (χ3n) is 5.99. The van der Waals surface area contributed by atoms with Gasteiger partial charge in [0.05, 0.1) is 6.54 Å². The van der Waals surface area contributed by atoms with E-state index >= 15 is 0 Å². The number of hydrogen-bond acceptors (Lipinski definition) is 5. The zero-order valence-corrected chi connectivity index (χ0v) is 18.6. The highest BCUT2D eigenvalue weighted by Gasteiger charge is 2.23. The average molecular weight is 431 g/mol.